The molecule has 140 valence electrons. The van der Waals surface area contributed by atoms with E-state index in [1.54, 1.807) is 6.33 Å². The molecule has 1 N–H and O–H groups in total. The summed E-state index contributed by atoms with van der Waals surface area (Å²) < 4.78 is 7.48. The molecule has 1 unspecified atom stereocenters. The summed E-state index contributed by atoms with van der Waals surface area (Å²) in [4.78, 5) is 18.9. The van der Waals surface area contributed by atoms with E-state index in [9.17, 15) is 4.79 Å². The summed E-state index contributed by atoms with van der Waals surface area (Å²) in [5.74, 6) is 0.184. The molecule has 2 fully saturated rings. The molecule has 2 aromatic rings. The fourth-order valence-corrected chi connectivity index (χ4v) is 3.77. The Hall–Kier alpha value is -2.69. The number of nitrogens with one attached hydrogen (secondary N) is 1. The monoisotopic (exact) mass is 365 g/mol. The van der Waals surface area contributed by atoms with Gasteiger partial charge in [-0.15, -0.1) is 0 Å². The number of ether oxygens (including phenoxy) is 1. The van der Waals surface area contributed by atoms with Gasteiger partial charge in [0.1, 0.15) is 0 Å². The maximum atomic E-state index is 12.6. The van der Waals surface area contributed by atoms with Crippen LogP contribution in [0.4, 0.5) is 0 Å². The molecule has 1 amide bonds. The maximum absolute atomic E-state index is 12.6. The molecule has 0 aliphatic carbocycles. The number of likely N-dealkylation sites (tertiary alicyclic amines) is 1. The number of carbonyl (C=O) groups excluding carboxylic acids is 1. The molecule has 1 aromatic carbocycles. The molecule has 7 nitrogen and oxygen atoms in total. The second-order valence-electron chi connectivity index (χ2n) is 7.09. The second-order valence-corrected chi connectivity index (χ2v) is 7.09. The lowest BCUT2D eigenvalue weighted by Gasteiger charge is -2.23. The lowest BCUT2D eigenvalue weighted by molar-refractivity contribution is -0.131. The SMILES string of the molecule is N#Cc1ccc(Cn2cncc2CN[C@@H]2CCN(C3CCOC3)C2=O)cc1. The van der Waals surface area contributed by atoms with E-state index in [1.165, 1.54) is 0 Å². The predicted octanol–water partition coefficient (Wildman–Crippen LogP) is 1.28. The lowest BCUT2D eigenvalue weighted by atomic mass is 10.1. The number of rotatable bonds is 6. The smallest absolute Gasteiger partial charge is 0.240 e. The summed E-state index contributed by atoms with van der Waals surface area (Å²) in [5.41, 5.74) is 2.80. The van der Waals surface area contributed by atoms with Crippen molar-refractivity contribution in [2.75, 3.05) is 19.8 Å². The molecule has 1 aromatic heterocycles. The third-order valence-electron chi connectivity index (χ3n) is 5.35. The Morgan fingerprint density at radius 1 is 1.30 bits per heavy atom. The highest BCUT2D eigenvalue weighted by Crippen LogP contribution is 2.20. The van der Waals surface area contributed by atoms with Crippen LogP contribution in [-0.2, 0) is 22.6 Å². The van der Waals surface area contributed by atoms with Crippen molar-refractivity contribution in [3.63, 3.8) is 0 Å². The van der Waals surface area contributed by atoms with Crippen LogP contribution in [0.1, 0.15) is 29.7 Å². The zero-order valence-corrected chi connectivity index (χ0v) is 15.2. The van der Waals surface area contributed by atoms with Crippen molar-refractivity contribution < 1.29 is 9.53 Å². The summed E-state index contributed by atoms with van der Waals surface area (Å²) in [5, 5.41) is 12.3. The summed E-state index contributed by atoms with van der Waals surface area (Å²) in [6.45, 7) is 3.50. The molecule has 2 saturated heterocycles. The van der Waals surface area contributed by atoms with Crippen LogP contribution in [0.2, 0.25) is 0 Å². The third kappa shape index (κ3) is 3.87. The van der Waals surface area contributed by atoms with E-state index >= 15 is 0 Å². The number of nitrogens with zero attached hydrogens (tertiary/aromatic N) is 4. The van der Waals surface area contributed by atoms with Crippen LogP contribution in [-0.4, -0.2) is 52.2 Å². The Morgan fingerprint density at radius 2 is 2.15 bits per heavy atom. The van der Waals surface area contributed by atoms with Crippen molar-refractivity contribution in [1.82, 2.24) is 19.8 Å². The van der Waals surface area contributed by atoms with Crippen LogP contribution in [0.15, 0.2) is 36.8 Å². The summed E-state index contributed by atoms with van der Waals surface area (Å²) >= 11 is 0. The number of nitriles is 1. The van der Waals surface area contributed by atoms with Crippen LogP contribution in [0, 0.1) is 11.3 Å². The van der Waals surface area contributed by atoms with E-state index < -0.39 is 0 Å². The van der Waals surface area contributed by atoms with Gasteiger partial charge >= 0.3 is 0 Å². The molecule has 2 aliphatic heterocycles. The van der Waals surface area contributed by atoms with E-state index in [4.69, 9.17) is 10.00 Å². The Morgan fingerprint density at radius 3 is 2.89 bits per heavy atom. The van der Waals surface area contributed by atoms with Crippen molar-refractivity contribution in [2.24, 2.45) is 0 Å². The average Bonchev–Trinajstić information content (AvgIpc) is 3.43. The van der Waals surface area contributed by atoms with Gasteiger partial charge in [0.15, 0.2) is 0 Å². The number of hydrogen-bond donors (Lipinski definition) is 1. The van der Waals surface area contributed by atoms with Gasteiger partial charge < -0.3 is 19.5 Å². The third-order valence-corrected chi connectivity index (χ3v) is 5.35. The number of hydrogen-bond acceptors (Lipinski definition) is 5. The van der Waals surface area contributed by atoms with Crippen molar-refractivity contribution in [2.45, 2.75) is 38.0 Å². The standard InChI is InChI=1S/C20H23N5O2/c21-9-15-1-3-16(4-2-15)12-24-14-22-10-18(24)11-23-19-5-7-25(20(19)26)17-6-8-27-13-17/h1-4,10,14,17,19,23H,5-8,11-13H2/t17?,19-/m1/s1. The van der Waals surface area contributed by atoms with Gasteiger partial charge in [-0.1, -0.05) is 12.1 Å². The van der Waals surface area contributed by atoms with Gasteiger partial charge in [-0.3, -0.25) is 4.79 Å². The van der Waals surface area contributed by atoms with Crippen LogP contribution in [0.3, 0.4) is 0 Å². The lowest BCUT2D eigenvalue weighted by Crippen LogP contribution is -2.43. The van der Waals surface area contributed by atoms with Crippen LogP contribution in [0.5, 0.6) is 0 Å². The molecule has 3 heterocycles. The van der Waals surface area contributed by atoms with Crippen LogP contribution >= 0.6 is 0 Å². The molecule has 0 bridgehead atoms. The second kappa shape index (κ2) is 7.91. The van der Waals surface area contributed by atoms with E-state index in [1.807, 2.05) is 35.4 Å². The molecule has 4 rings (SSSR count). The van der Waals surface area contributed by atoms with Gasteiger partial charge in [-0.05, 0) is 30.5 Å². The normalized spacial score (nSPS) is 22.3. The number of benzene rings is 1. The summed E-state index contributed by atoms with van der Waals surface area (Å²) in [6, 6.07) is 9.79. The van der Waals surface area contributed by atoms with Crippen molar-refractivity contribution in [3.8, 4) is 6.07 Å². The van der Waals surface area contributed by atoms with Gasteiger partial charge in [0, 0.05) is 32.4 Å². The summed E-state index contributed by atoms with van der Waals surface area (Å²) in [7, 11) is 0. The molecule has 0 saturated carbocycles. The van der Waals surface area contributed by atoms with Gasteiger partial charge in [0.05, 0.1) is 42.3 Å². The Labute approximate surface area is 158 Å². The van der Waals surface area contributed by atoms with Crippen LogP contribution < -0.4 is 5.32 Å². The van der Waals surface area contributed by atoms with E-state index in [0.717, 1.165) is 37.3 Å². The molecular formula is C20H23N5O2. The molecule has 2 aliphatic rings. The highest BCUT2D eigenvalue weighted by molar-refractivity contribution is 5.84. The largest absolute Gasteiger partial charge is 0.379 e. The predicted molar refractivity (Wildman–Crippen MR) is 98.7 cm³/mol. The van der Waals surface area contributed by atoms with Gasteiger partial charge in [0.25, 0.3) is 0 Å². The minimum absolute atomic E-state index is 0.135. The van der Waals surface area contributed by atoms with Crippen molar-refractivity contribution in [1.29, 1.82) is 5.26 Å². The van der Waals surface area contributed by atoms with Crippen molar-refractivity contribution >= 4 is 5.91 Å². The quantitative estimate of drug-likeness (QED) is 0.834. The molecule has 2 atom stereocenters. The average molecular weight is 365 g/mol. The number of aromatic nitrogens is 2. The highest BCUT2D eigenvalue weighted by Gasteiger charge is 2.37. The van der Waals surface area contributed by atoms with E-state index in [-0.39, 0.29) is 18.0 Å². The van der Waals surface area contributed by atoms with Crippen LogP contribution in [0.25, 0.3) is 0 Å². The Balaban J connectivity index is 1.35. The minimum atomic E-state index is -0.135. The topological polar surface area (TPSA) is 83.2 Å². The fraction of sp³-hybridized carbons (Fsp3) is 0.450. The maximum Gasteiger partial charge on any atom is 0.240 e. The molecule has 0 radical (unpaired) electrons. The molecule has 0 spiro atoms. The zero-order chi connectivity index (χ0) is 18.6. The zero-order valence-electron chi connectivity index (χ0n) is 15.2. The van der Waals surface area contributed by atoms with Crippen molar-refractivity contribution in [3.05, 3.63) is 53.6 Å². The Kier molecular flexibility index (Phi) is 5.19. The van der Waals surface area contributed by atoms with Gasteiger partial charge in [-0.2, -0.15) is 5.26 Å². The van der Waals surface area contributed by atoms with E-state index in [0.29, 0.717) is 25.3 Å². The fourth-order valence-electron chi connectivity index (χ4n) is 3.77. The van der Waals surface area contributed by atoms with E-state index in [2.05, 4.69) is 20.9 Å². The minimum Gasteiger partial charge on any atom is -0.379 e. The first kappa shape index (κ1) is 17.7. The first-order chi connectivity index (χ1) is 13.2. The molecule has 7 heteroatoms. The summed E-state index contributed by atoms with van der Waals surface area (Å²) in [6.07, 6.45) is 5.40. The highest BCUT2D eigenvalue weighted by atomic mass is 16.5. The number of carbonyl (C=O) groups is 1. The molecule has 27 heavy (non-hydrogen) atoms. The number of imidazole rings is 1. The molecular weight excluding hydrogens is 342 g/mol. The number of amides is 1. The van der Waals surface area contributed by atoms with Gasteiger partial charge in [-0.25, -0.2) is 4.98 Å². The first-order valence-corrected chi connectivity index (χ1v) is 9.34. The first-order valence-electron chi connectivity index (χ1n) is 9.34. The Bertz CT molecular complexity index is 833. The van der Waals surface area contributed by atoms with Gasteiger partial charge in [0.2, 0.25) is 5.91 Å².